The SMILES string of the molecule is C=CCOc1ccc(C(=O)OCC(=O)N(C)C(C)c2ccccc2)cc1. The first-order valence-corrected chi connectivity index (χ1v) is 8.34. The van der Waals surface area contributed by atoms with Crippen LogP contribution in [0.3, 0.4) is 0 Å². The molecule has 0 bridgehead atoms. The van der Waals surface area contributed by atoms with Gasteiger partial charge in [0.15, 0.2) is 6.61 Å². The predicted octanol–water partition coefficient (Wildman–Crippen LogP) is 3.63. The number of hydrogen-bond donors (Lipinski definition) is 0. The van der Waals surface area contributed by atoms with E-state index in [0.29, 0.717) is 17.9 Å². The summed E-state index contributed by atoms with van der Waals surface area (Å²) in [4.78, 5) is 25.9. The molecule has 0 fully saturated rings. The van der Waals surface area contributed by atoms with Gasteiger partial charge in [0.1, 0.15) is 12.4 Å². The van der Waals surface area contributed by atoms with Crippen molar-refractivity contribution in [2.45, 2.75) is 13.0 Å². The van der Waals surface area contributed by atoms with Crippen molar-refractivity contribution in [1.82, 2.24) is 4.90 Å². The number of benzene rings is 2. The summed E-state index contributed by atoms with van der Waals surface area (Å²) in [7, 11) is 1.69. The average Bonchev–Trinajstić information content (AvgIpc) is 2.70. The number of carbonyl (C=O) groups is 2. The summed E-state index contributed by atoms with van der Waals surface area (Å²) in [5.74, 6) is -0.177. The summed E-state index contributed by atoms with van der Waals surface area (Å²) in [6.45, 7) is 5.59. The van der Waals surface area contributed by atoms with Crippen molar-refractivity contribution in [2.24, 2.45) is 0 Å². The number of esters is 1. The van der Waals surface area contributed by atoms with Gasteiger partial charge >= 0.3 is 5.97 Å². The second kappa shape index (κ2) is 9.42. The lowest BCUT2D eigenvalue weighted by Gasteiger charge is -2.25. The molecular formula is C21H23NO4. The third-order valence-corrected chi connectivity index (χ3v) is 4.04. The summed E-state index contributed by atoms with van der Waals surface area (Å²) in [5.41, 5.74) is 1.38. The highest BCUT2D eigenvalue weighted by atomic mass is 16.5. The molecule has 0 radical (unpaired) electrons. The number of nitrogens with zero attached hydrogens (tertiary/aromatic N) is 1. The van der Waals surface area contributed by atoms with Crippen LogP contribution >= 0.6 is 0 Å². The van der Waals surface area contributed by atoms with Crippen LogP contribution in [0.4, 0.5) is 0 Å². The lowest BCUT2D eigenvalue weighted by Crippen LogP contribution is -2.33. The topological polar surface area (TPSA) is 55.8 Å². The maximum Gasteiger partial charge on any atom is 0.338 e. The van der Waals surface area contributed by atoms with E-state index in [9.17, 15) is 9.59 Å². The molecule has 5 heteroatoms. The van der Waals surface area contributed by atoms with Crippen LogP contribution in [-0.2, 0) is 9.53 Å². The lowest BCUT2D eigenvalue weighted by atomic mass is 10.1. The number of rotatable bonds is 8. The van der Waals surface area contributed by atoms with Crippen LogP contribution in [0.1, 0.15) is 28.9 Å². The maximum absolute atomic E-state index is 12.3. The second-order valence-corrected chi connectivity index (χ2v) is 5.79. The van der Waals surface area contributed by atoms with Crippen molar-refractivity contribution in [3.05, 3.63) is 78.4 Å². The first kappa shape index (κ1) is 19.2. The molecule has 1 unspecified atom stereocenters. The summed E-state index contributed by atoms with van der Waals surface area (Å²) in [6, 6.07) is 16.1. The average molecular weight is 353 g/mol. The van der Waals surface area contributed by atoms with E-state index in [0.717, 1.165) is 5.56 Å². The van der Waals surface area contributed by atoms with Crippen LogP contribution in [0.25, 0.3) is 0 Å². The molecule has 0 aliphatic carbocycles. The van der Waals surface area contributed by atoms with Gasteiger partial charge in [0.05, 0.1) is 11.6 Å². The molecule has 5 nitrogen and oxygen atoms in total. The molecule has 2 aromatic carbocycles. The number of likely N-dealkylation sites (N-methyl/N-ethyl adjacent to an activating group) is 1. The number of hydrogen-bond acceptors (Lipinski definition) is 4. The van der Waals surface area contributed by atoms with Crippen molar-refractivity contribution in [1.29, 1.82) is 0 Å². The Morgan fingerprint density at radius 3 is 2.38 bits per heavy atom. The van der Waals surface area contributed by atoms with E-state index < -0.39 is 5.97 Å². The van der Waals surface area contributed by atoms with E-state index in [4.69, 9.17) is 9.47 Å². The van der Waals surface area contributed by atoms with E-state index in [2.05, 4.69) is 6.58 Å². The van der Waals surface area contributed by atoms with Crippen LogP contribution < -0.4 is 4.74 Å². The van der Waals surface area contributed by atoms with Gasteiger partial charge in [-0.2, -0.15) is 0 Å². The van der Waals surface area contributed by atoms with Gasteiger partial charge in [-0.3, -0.25) is 4.79 Å². The molecule has 0 saturated carbocycles. The molecule has 0 N–H and O–H groups in total. The zero-order valence-electron chi connectivity index (χ0n) is 15.1. The Balaban J connectivity index is 1.87. The highest BCUT2D eigenvalue weighted by Gasteiger charge is 2.19. The van der Waals surface area contributed by atoms with Crippen LogP contribution in [-0.4, -0.2) is 37.0 Å². The van der Waals surface area contributed by atoms with Gasteiger partial charge in [-0.1, -0.05) is 43.0 Å². The van der Waals surface area contributed by atoms with E-state index in [1.54, 1.807) is 42.3 Å². The molecule has 0 aliphatic rings. The smallest absolute Gasteiger partial charge is 0.338 e. The standard InChI is InChI=1S/C21H23NO4/c1-4-14-25-19-12-10-18(11-13-19)21(24)26-15-20(23)22(3)16(2)17-8-6-5-7-9-17/h4-13,16H,1,14-15H2,2-3H3. The van der Waals surface area contributed by atoms with Gasteiger partial charge in [-0.25, -0.2) is 4.79 Å². The Bertz CT molecular complexity index is 740. The highest BCUT2D eigenvalue weighted by Crippen LogP contribution is 2.18. The molecule has 0 saturated heterocycles. The fourth-order valence-corrected chi connectivity index (χ4v) is 2.33. The van der Waals surface area contributed by atoms with Gasteiger partial charge in [0.25, 0.3) is 5.91 Å². The Morgan fingerprint density at radius 1 is 1.12 bits per heavy atom. The molecule has 2 aromatic rings. The minimum atomic E-state index is -0.547. The summed E-state index contributed by atoms with van der Waals surface area (Å²) < 4.78 is 10.5. The zero-order chi connectivity index (χ0) is 18.9. The summed E-state index contributed by atoms with van der Waals surface area (Å²) in [5, 5.41) is 0. The van der Waals surface area contributed by atoms with Crippen molar-refractivity contribution in [2.75, 3.05) is 20.3 Å². The Hall–Kier alpha value is -3.08. The van der Waals surface area contributed by atoms with Gasteiger partial charge < -0.3 is 14.4 Å². The molecular weight excluding hydrogens is 330 g/mol. The third kappa shape index (κ3) is 5.21. The molecule has 26 heavy (non-hydrogen) atoms. The van der Waals surface area contributed by atoms with E-state index >= 15 is 0 Å². The monoisotopic (exact) mass is 353 g/mol. The van der Waals surface area contributed by atoms with Gasteiger partial charge in [-0.05, 0) is 36.8 Å². The highest BCUT2D eigenvalue weighted by molar-refractivity contribution is 5.91. The molecule has 136 valence electrons. The minimum absolute atomic E-state index is 0.108. The van der Waals surface area contributed by atoms with Crippen LogP contribution in [0.15, 0.2) is 67.3 Å². The van der Waals surface area contributed by atoms with E-state index in [1.807, 2.05) is 37.3 Å². The zero-order valence-corrected chi connectivity index (χ0v) is 15.1. The molecule has 0 aromatic heterocycles. The molecule has 2 rings (SSSR count). The van der Waals surface area contributed by atoms with E-state index in [1.165, 1.54) is 0 Å². The van der Waals surface area contributed by atoms with Crippen LogP contribution in [0.5, 0.6) is 5.75 Å². The molecule has 1 amide bonds. The first-order chi connectivity index (χ1) is 12.5. The number of amides is 1. The quantitative estimate of drug-likeness (QED) is 0.537. The summed E-state index contributed by atoms with van der Waals surface area (Å²) in [6.07, 6.45) is 1.64. The van der Waals surface area contributed by atoms with Gasteiger partial charge in [0.2, 0.25) is 0 Å². The minimum Gasteiger partial charge on any atom is -0.490 e. The first-order valence-electron chi connectivity index (χ1n) is 8.34. The normalized spacial score (nSPS) is 11.3. The van der Waals surface area contributed by atoms with Gasteiger partial charge in [0, 0.05) is 7.05 Å². The number of carbonyl (C=O) groups excluding carboxylic acids is 2. The predicted molar refractivity (Wildman–Crippen MR) is 100 cm³/mol. The Morgan fingerprint density at radius 2 is 1.77 bits per heavy atom. The van der Waals surface area contributed by atoms with E-state index in [-0.39, 0.29) is 18.6 Å². The van der Waals surface area contributed by atoms with Crippen molar-refractivity contribution in [3.63, 3.8) is 0 Å². The molecule has 0 spiro atoms. The largest absolute Gasteiger partial charge is 0.490 e. The van der Waals surface area contributed by atoms with Crippen molar-refractivity contribution < 1.29 is 19.1 Å². The van der Waals surface area contributed by atoms with Crippen LogP contribution in [0, 0.1) is 0 Å². The Kier molecular flexibility index (Phi) is 6.97. The second-order valence-electron chi connectivity index (χ2n) is 5.79. The number of ether oxygens (including phenoxy) is 2. The van der Waals surface area contributed by atoms with Crippen molar-refractivity contribution in [3.8, 4) is 5.75 Å². The molecule has 0 aliphatic heterocycles. The fraction of sp³-hybridized carbons (Fsp3) is 0.238. The molecule has 0 heterocycles. The maximum atomic E-state index is 12.3. The van der Waals surface area contributed by atoms with Crippen LogP contribution in [0.2, 0.25) is 0 Å². The van der Waals surface area contributed by atoms with Crippen molar-refractivity contribution >= 4 is 11.9 Å². The summed E-state index contributed by atoms with van der Waals surface area (Å²) >= 11 is 0. The molecule has 1 atom stereocenters. The lowest BCUT2D eigenvalue weighted by molar-refractivity contribution is -0.135. The Labute approximate surface area is 153 Å². The van der Waals surface area contributed by atoms with Gasteiger partial charge in [-0.15, -0.1) is 0 Å². The fourth-order valence-electron chi connectivity index (χ4n) is 2.33. The third-order valence-electron chi connectivity index (χ3n) is 4.04.